The molecule has 102 valence electrons. The molecule has 1 heterocycles. The molecule has 0 aliphatic heterocycles. The van der Waals surface area contributed by atoms with E-state index in [0.717, 1.165) is 0 Å². The van der Waals surface area contributed by atoms with E-state index in [1.165, 1.54) is 31.5 Å². The highest BCUT2D eigenvalue weighted by Crippen LogP contribution is 2.09. The molecule has 0 fully saturated rings. The SMILES string of the molecule is COC(=O)c1cccc(C(=O)Nc2ccnc(=O)[nH]2)c1. The molecule has 1 amide bonds. The number of nitrogens with one attached hydrogen (secondary N) is 2. The van der Waals surface area contributed by atoms with Gasteiger partial charge in [0.05, 0.1) is 12.7 Å². The molecular weight excluding hydrogens is 262 g/mol. The first-order chi connectivity index (χ1) is 9.60. The number of hydrogen-bond donors (Lipinski definition) is 2. The van der Waals surface area contributed by atoms with Crippen LogP contribution in [0.2, 0.25) is 0 Å². The Morgan fingerprint density at radius 2 is 2.00 bits per heavy atom. The van der Waals surface area contributed by atoms with Crippen molar-refractivity contribution in [3.63, 3.8) is 0 Å². The van der Waals surface area contributed by atoms with Gasteiger partial charge in [-0.1, -0.05) is 6.07 Å². The van der Waals surface area contributed by atoms with Gasteiger partial charge in [0.1, 0.15) is 5.82 Å². The Labute approximate surface area is 113 Å². The second-order valence-corrected chi connectivity index (χ2v) is 3.82. The zero-order chi connectivity index (χ0) is 14.5. The maximum Gasteiger partial charge on any atom is 0.346 e. The molecule has 2 rings (SSSR count). The first-order valence-corrected chi connectivity index (χ1v) is 5.65. The van der Waals surface area contributed by atoms with Gasteiger partial charge in [-0.15, -0.1) is 0 Å². The van der Waals surface area contributed by atoms with Crippen LogP contribution in [-0.2, 0) is 4.74 Å². The van der Waals surface area contributed by atoms with Crippen molar-refractivity contribution in [3.05, 3.63) is 58.1 Å². The van der Waals surface area contributed by atoms with Crippen molar-refractivity contribution in [1.82, 2.24) is 9.97 Å². The first kappa shape index (κ1) is 13.5. The van der Waals surface area contributed by atoms with E-state index in [-0.39, 0.29) is 16.9 Å². The van der Waals surface area contributed by atoms with Crippen molar-refractivity contribution in [2.24, 2.45) is 0 Å². The summed E-state index contributed by atoms with van der Waals surface area (Å²) in [6.07, 6.45) is 1.28. The Hall–Kier alpha value is -2.96. The minimum atomic E-state index is -0.564. The van der Waals surface area contributed by atoms with Gasteiger partial charge in [0.15, 0.2) is 0 Å². The molecule has 7 heteroatoms. The monoisotopic (exact) mass is 273 g/mol. The number of anilines is 1. The number of ether oxygens (including phenoxy) is 1. The molecule has 0 unspecified atom stereocenters. The smallest absolute Gasteiger partial charge is 0.346 e. The fraction of sp³-hybridized carbons (Fsp3) is 0.0769. The van der Waals surface area contributed by atoms with E-state index >= 15 is 0 Å². The fourth-order valence-corrected chi connectivity index (χ4v) is 1.54. The van der Waals surface area contributed by atoms with Crippen LogP contribution in [0, 0.1) is 0 Å². The van der Waals surface area contributed by atoms with Gasteiger partial charge in [0, 0.05) is 11.8 Å². The van der Waals surface area contributed by atoms with Gasteiger partial charge < -0.3 is 10.1 Å². The van der Waals surface area contributed by atoms with E-state index in [2.05, 4.69) is 20.0 Å². The second-order valence-electron chi connectivity index (χ2n) is 3.82. The Bertz CT molecular complexity index is 709. The molecule has 0 aliphatic carbocycles. The van der Waals surface area contributed by atoms with Crippen molar-refractivity contribution < 1.29 is 14.3 Å². The van der Waals surface area contributed by atoms with E-state index in [1.54, 1.807) is 12.1 Å². The molecular formula is C13H11N3O4. The van der Waals surface area contributed by atoms with Crippen molar-refractivity contribution in [2.75, 3.05) is 12.4 Å². The van der Waals surface area contributed by atoms with Gasteiger partial charge in [-0.05, 0) is 24.3 Å². The average Bonchev–Trinajstić information content (AvgIpc) is 2.46. The zero-order valence-corrected chi connectivity index (χ0v) is 10.5. The summed E-state index contributed by atoms with van der Waals surface area (Å²) < 4.78 is 4.58. The summed E-state index contributed by atoms with van der Waals surface area (Å²) >= 11 is 0. The number of amides is 1. The van der Waals surface area contributed by atoms with Crippen molar-refractivity contribution in [3.8, 4) is 0 Å². The summed E-state index contributed by atoms with van der Waals surface area (Å²) in [5.41, 5.74) is -0.0277. The summed E-state index contributed by atoms with van der Waals surface area (Å²) in [4.78, 5) is 40.2. The predicted molar refractivity (Wildman–Crippen MR) is 70.6 cm³/mol. The third kappa shape index (κ3) is 3.08. The fourth-order valence-electron chi connectivity index (χ4n) is 1.54. The van der Waals surface area contributed by atoms with Crippen LogP contribution in [0.15, 0.2) is 41.3 Å². The van der Waals surface area contributed by atoms with E-state index in [0.29, 0.717) is 0 Å². The highest BCUT2D eigenvalue weighted by atomic mass is 16.5. The minimum absolute atomic E-state index is 0.221. The third-order valence-electron chi connectivity index (χ3n) is 2.47. The first-order valence-electron chi connectivity index (χ1n) is 5.65. The zero-order valence-electron chi connectivity index (χ0n) is 10.5. The predicted octanol–water partition coefficient (Wildman–Crippen LogP) is 0.809. The maximum atomic E-state index is 12.0. The van der Waals surface area contributed by atoms with Crippen molar-refractivity contribution in [2.45, 2.75) is 0 Å². The van der Waals surface area contributed by atoms with Crippen LogP contribution in [0.4, 0.5) is 5.82 Å². The Morgan fingerprint density at radius 3 is 2.70 bits per heavy atom. The highest BCUT2D eigenvalue weighted by molar-refractivity contribution is 6.05. The highest BCUT2D eigenvalue weighted by Gasteiger charge is 2.11. The average molecular weight is 273 g/mol. The molecule has 1 aromatic carbocycles. The van der Waals surface area contributed by atoms with Crippen LogP contribution in [0.3, 0.4) is 0 Å². The van der Waals surface area contributed by atoms with E-state index in [9.17, 15) is 14.4 Å². The number of H-pyrrole nitrogens is 1. The molecule has 2 N–H and O–H groups in total. The number of hydrogen-bond acceptors (Lipinski definition) is 5. The van der Waals surface area contributed by atoms with Gasteiger partial charge in [-0.3, -0.25) is 9.78 Å². The number of carbonyl (C=O) groups excluding carboxylic acids is 2. The van der Waals surface area contributed by atoms with Gasteiger partial charge in [-0.2, -0.15) is 0 Å². The second kappa shape index (κ2) is 5.79. The molecule has 0 bridgehead atoms. The molecule has 0 aliphatic rings. The molecule has 2 aromatic rings. The lowest BCUT2D eigenvalue weighted by Crippen LogP contribution is -2.18. The largest absolute Gasteiger partial charge is 0.465 e. The van der Waals surface area contributed by atoms with Gasteiger partial charge in [-0.25, -0.2) is 14.6 Å². The summed E-state index contributed by atoms with van der Waals surface area (Å²) in [5, 5.41) is 2.50. The lowest BCUT2D eigenvalue weighted by atomic mass is 10.1. The van der Waals surface area contributed by atoms with Crippen molar-refractivity contribution >= 4 is 17.7 Å². The van der Waals surface area contributed by atoms with Crippen LogP contribution in [0.5, 0.6) is 0 Å². The number of rotatable bonds is 3. The Balaban J connectivity index is 2.21. The Morgan fingerprint density at radius 1 is 1.25 bits per heavy atom. The minimum Gasteiger partial charge on any atom is -0.465 e. The molecule has 0 radical (unpaired) electrons. The molecule has 0 atom stereocenters. The molecule has 1 aromatic heterocycles. The summed E-state index contributed by atoms with van der Waals surface area (Å²) in [6.45, 7) is 0. The summed E-state index contributed by atoms with van der Waals surface area (Å²) in [7, 11) is 1.26. The standard InChI is InChI=1S/C13H11N3O4/c1-20-12(18)9-4-2-3-8(7-9)11(17)15-10-5-6-14-13(19)16-10/h2-7H,1H3,(H2,14,15,16,17,19). The molecule has 0 saturated carbocycles. The molecule has 20 heavy (non-hydrogen) atoms. The number of esters is 1. The van der Waals surface area contributed by atoms with Gasteiger partial charge in [0.25, 0.3) is 5.91 Å². The topological polar surface area (TPSA) is 101 Å². The van der Waals surface area contributed by atoms with Crippen LogP contribution in [0.1, 0.15) is 20.7 Å². The van der Waals surface area contributed by atoms with Crippen LogP contribution in [-0.4, -0.2) is 29.0 Å². The molecule has 0 spiro atoms. The lowest BCUT2D eigenvalue weighted by molar-refractivity contribution is 0.0600. The molecule has 7 nitrogen and oxygen atoms in total. The Kier molecular flexibility index (Phi) is 3.90. The maximum absolute atomic E-state index is 12.0. The van der Waals surface area contributed by atoms with Crippen LogP contribution >= 0.6 is 0 Å². The number of benzene rings is 1. The normalized spacial score (nSPS) is 9.85. The van der Waals surface area contributed by atoms with E-state index in [4.69, 9.17) is 0 Å². The van der Waals surface area contributed by atoms with Gasteiger partial charge in [0.2, 0.25) is 0 Å². The summed E-state index contributed by atoms with van der Waals surface area (Å²) in [5.74, 6) is -0.770. The number of aromatic nitrogens is 2. The number of methoxy groups -OCH3 is 1. The van der Waals surface area contributed by atoms with Crippen molar-refractivity contribution in [1.29, 1.82) is 0 Å². The lowest BCUT2D eigenvalue weighted by Gasteiger charge is -2.05. The van der Waals surface area contributed by atoms with E-state index < -0.39 is 17.6 Å². The van der Waals surface area contributed by atoms with Gasteiger partial charge >= 0.3 is 11.7 Å². The third-order valence-corrected chi connectivity index (χ3v) is 2.47. The summed E-state index contributed by atoms with van der Waals surface area (Å²) in [6, 6.07) is 7.50. The van der Waals surface area contributed by atoms with Crippen LogP contribution < -0.4 is 11.0 Å². The van der Waals surface area contributed by atoms with Crippen LogP contribution in [0.25, 0.3) is 0 Å². The molecule has 0 saturated heterocycles. The van der Waals surface area contributed by atoms with E-state index in [1.807, 2.05) is 0 Å². The number of carbonyl (C=O) groups is 2. The number of nitrogens with zero attached hydrogens (tertiary/aromatic N) is 1. The quantitative estimate of drug-likeness (QED) is 0.806. The number of aromatic amines is 1.